The summed E-state index contributed by atoms with van der Waals surface area (Å²) in [5, 5.41) is 5.92. The van der Waals surface area contributed by atoms with Crippen LogP contribution in [0.4, 0.5) is 0 Å². The molecular weight excluding hydrogens is 364 g/mol. The number of carbonyl (C=O) groups excluding carboxylic acids is 1. The van der Waals surface area contributed by atoms with E-state index in [4.69, 9.17) is 0 Å². The van der Waals surface area contributed by atoms with Crippen molar-refractivity contribution < 1.29 is 4.79 Å². The molecule has 0 aliphatic heterocycles. The molecule has 2 heterocycles. The SMILES string of the molecule is Cn1c(CC(=O)N/N=C/c2cc(Br)cs2)nc2ccccc21. The van der Waals surface area contributed by atoms with Gasteiger partial charge in [-0.1, -0.05) is 12.1 Å². The van der Waals surface area contributed by atoms with Crippen molar-refractivity contribution in [3.63, 3.8) is 0 Å². The van der Waals surface area contributed by atoms with Crippen molar-refractivity contribution in [3.05, 3.63) is 50.9 Å². The molecule has 0 unspecified atom stereocenters. The molecule has 0 aliphatic rings. The van der Waals surface area contributed by atoms with Crippen LogP contribution in [0.15, 0.2) is 45.3 Å². The lowest BCUT2D eigenvalue weighted by Gasteiger charge is -2.01. The number of aryl methyl sites for hydroxylation is 1. The van der Waals surface area contributed by atoms with Crippen LogP contribution >= 0.6 is 27.3 Å². The van der Waals surface area contributed by atoms with Crippen molar-refractivity contribution in [1.29, 1.82) is 0 Å². The van der Waals surface area contributed by atoms with Gasteiger partial charge in [-0.15, -0.1) is 11.3 Å². The summed E-state index contributed by atoms with van der Waals surface area (Å²) in [6, 6.07) is 9.74. The Labute approximate surface area is 139 Å². The van der Waals surface area contributed by atoms with Crippen LogP contribution in [0.25, 0.3) is 11.0 Å². The van der Waals surface area contributed by atoms with Crippen molar-refractivity contribution in [2.75, 3.05) is 0 Å². The number of fused-ring (bicyclic) bond motifs is 1. The Bertz CT molecular complexity index is 852. The Balaban J connectivity index is 1.65. The topological polar surface area (TPSA) is 59.3 Å². The monoisotopic (exact) mass is 376 g/mol. The third-order valence-corrected chi connectivity index (χ3v) is 4.80. The second-order valence-electron chi connectivity index (χ2n) is 4.71. The number of nitrogens with one attached hydrogen (secondary N) is 1. The number of carbonyl (C=O) groups is 1. The summed E-state index contributed by atoms with van der Waals surface area (Å²) in [7, 11) is 1.91. The van der Waals surface area contributed by atoms with Gasteiger partial charge in [0.05, 0.1) is 23.7 Å². The van der Waals surface area contributed by atoms with Crippen LogP contribution in [0.3, 0.4) is 0 Å². The molecule has 1 amide bonds. The molecule has 0 fully saturated rings. The molecule has 0 spiro atoms. The molecule has 3 aromatic rings. The Hall–Kier alpha value is -1.99. The minimum absolute atomic E-state index is 0.190. The molecule has 22 heavy (non-hydrogen) atoms. The number of rotatable bonds is 4. The van der Waals surface area contributed by atoms with Crippen molar-refractivity contribution in [3.8, 4) is 0 Å². The summed E-state index contributed by atoms with van der Waals surface area (Å²) in [5.74, 6) is 0.526. The Morgan fingerprint density at radius 3 is 3.05 bits per heavy atom. The Morgan fingerprint density at radius 1 is 1.50 bits per heavy atom. The number of hydrazone groups is 1. The third kappa shape index (κ3) is 3.26. The Morgan fingerprint density at radius 2 is 2.32 bits per heavy atom. The van der Waals surface area contributed by atoms with Gasteiger partial charge in [-0.25, -0.2) is 10.4 Å². The fraction of sp³-hybridized carbons (Fsp3) is 0.133. The number of thiophene rings is 1. The fourth-order valence-electron chi connectivity index (χ4n) is 2.10. The van der Waals surface area contributed by atoms with E-state index < -0.39 is 0 Å². The van der Waals surface area contributed by atoms with Gasteiger partial charge >= 0.3 is 0 Å². The molecule has 0 aliphatic carbocycles. The van der Waals surface area contributed by atoms with Crippen molar-refractivity contribution in [2.24, 2.45) is 12.1 Å². The van der Waals surface area contributed by atoms with E-state index in [1.807, 2.05) is 47.3 Å². The molecule has 0 bridgehead atoms. The van der Waals surface area contributed by atoms with E-state index in [0.717, 1.165) is 20.4 Å². The van der Waals surface area contributed by atoms with E-state index in [2.05, 4.69) is 31.4 Å². The van der Waals surface area contributed by atoms with Gasteiger partial charge in [0.2, 0.25) is 5.91 Å². The van der Waals surface area contributed by atoms with Crippen molar-refractivity contribution in [1.82, 2.24) is 15.0 Å². The highest BCUT2D eigenvalue weighted by Crippen LogP contribution is 2.17. The maximum Gasteiger partial charge on any atom is 0.247 e. The minimum Gasteiger partial charge on any atom is -0.331 e. The highest BCUT2D eigenvalue weighted by atomic mass is 79.9. The average Bonchev–Trinajstić information content (AvgIpc) is 3.04. The van der Waals surface area contributed by atoms with E-state index in [-0.39, 0.29) is 12.3 Å². The number of hydrogen-bond acceptors (Lipinski definition) is 4. The lowest BCUT2D eigenvalue weighted by Crippen LogP contribution is -2.21. The second-order valence-corrected chi connectivity index (χ2v) is 6.57. The summed E-state index contributed by atoms with van der Waals surface area (Å²) in [6.45, 7) is 0. The zero-order valence-electron chi connectivity index (χ0n) is 11.8. The molecule has 7 heteroatoms. The van der Waals surface area contributed by atoms with E-state index in [0.29, 0.717) is 5.82 Å². The van der Waals surface area contributed by atoms with Gasteiger partial charge in [0.25, 0.3) is 0 Å². The molecule has 1 aromatic carbocycles. The smallest absolute Gasteiger partial charge is 0.247 e. The van der Waals surface area contributed by atoms with Crippen molar-refractivity contribution in [2.45, 2.75) is 6.42 Å². The summed E-state index contributed by atoms with van der Waals surface area (Å²) < 4.78 is 2.93. The molecule has 0 radical (unpaired) electrons. The standard InChI is InChI=1S/C15H13BrN4OS/c1-20-13-5-3-2-4-12(13)18-14(20)7-15(21)19-17-8-11-6-10(16)9-22-11/h2-6,8-9H,7H2,1H3,(H,19,21)/b17-8+. The molecule has 0 atom stereocenters. The maximum atomic E-state index is 12.0. The zero-order chi connectivity index (χ0) is 15.5. The lowest BCUT2D eigenvalue weighted by atomic mass is 10.3. The highest BCUT2D eigenvalue weighted by molar-refractivity contribution is 9.10. The van der Waals surface area contributed by atoms with Gasteiger partial charge in [-0.3, -0.25) is 4.79 Å². The van der Waals surface area contributed by atoms with E-state index in [1.54, 1.807) is 17.6 Å². The number of halogens is 1. The second kappa shape index (κ2) is 6.41. The van der Waals surface area contributed by atoms with Gasteiger partial charge in [0.1, 0.15) is 5.82 Å². The lowest BCUT2D eigenvalue weighted by molar-refractivity contribution is -0.120. The van der Waals surface area contributed by atoms with Crippen LogP contribution in [0.2, 0.25) is 0 Å². The zero-order valence-corrected chi connectivity index (χ0v) is 14.2. The molecule has 0 saturated carbocycles. The summed E-state index contributed by atoms with van der Waals surface area (Å²) in [5.41, 5.74) is 4.43. The summed E-state index contributed by atoms with van der Waals surface area (Å²) in [6.07, 6.45) is 1.82. The number of amides is 1. The van der Waals surface area contributed by atoms with Gasteiger partial charge in [0, 0.05) is 21.8 Å². The molecule has 0 saturated heterocycles. The van der Waals surface area contributed by atoms with E-state index in [1.165, 1.54) is 0 Å². The maximum absolute atomic E-state index is 12.0. The largest absolute Gasteiger partial charge is 0.331 e. The Kier molecular flexibility index (Phi) is 4.35. The van der Waals surface area contributed by atoms with Gasteiger partial charge < -0.3 is 4.57 Å². The van der Waals surface area contributed by atoms with Crippen LogP contribution in [0.1, 0.15) is 10.7 Å². The highest BCUT2D eigenvalue weighted by Gasteiger charge is 2.10. The van der Waals surface area contributed by atoms with E-state index in [9.17, 15) is 4.79 Å². The molecule has 1 N–H and O–H groups in total. The number of benzene rings is 1. The fourth-order valence-corrected chi connectivity index (χ4v) is 3.40. The first-order valence-electron chi connectivity index (χ1n) is 6.60. The molecule has 2 aromatic heterocycles. The van der Waals surface area contributed by atoms with Gasteiger partial charge in [-0.05, 0) is 34.1 Å². The van der Waals surface area contributed by atoms with Crippen LogP contribution in [0, 0.1) is 0 Å². The first-order chi connectivity index (χ1) is 10.6. The average molecular weight is 377 g/mol. The first kappa shape index (κ1) is 14.9. The quantitative estimate of drug-likeness (QED) is 0.561. The number of hydrogen-bond donors (Lipinski definition) is 1. The number of para-hydroxylation sites is 2. The molecule has 3 rings (SSSR count). The van der Waals surface area contributed by atoms with Crippen LogP contribution in [0.5, 0.6) is 0 Å². The van der Waals surface area contributed by atoms with Gasteiger partial charge in [-0.2, -0.15) is 5.10 Å². The third-order valence-electron chi connectivity index (χ3n) is 3.17. The van der Waals surface area contributed by atoms with Crippen LogP contribution in [-0.2, 0) is 18.3 Å². The first-order valence-corrected chi connectivity index (χ1v) is 8.27. The molecular formula is C15H13BrN4OS. The molecule has 5 nitrogen and oxygen atoms in total. The predicted molar refractivity (Wildman–Crippen MR) is 92.2 cm³/mol. The van der Waals surface area contributed by atoms with Crippen LogP contribution in [-0.4, -0.2) is 21.7 Å². The predicted octanol–water partition coefficient (Wildman–Crippen LogP) is 3.09. The van der Waals surface area contributed by atoms with Gasteiger partial charge in [0.15, 0.2) is 0 Å². The minimum atomic E-state index is -0.190. The number of imidazole rings is 1. The van der Waals surface area contributed by atoms with Crippen LogP contribution < -0.4 is 5.43 Å². The van der Waals surface area contributed by atoms with Crippen molar-refractivity contribution >= 4 is 50.4 Å². The van der Waals surface area contributed by atoms with E-state index >= 15 is 0 Å². The normalized spacial score (nSPS) is 11.4. The summed E-state index contributed by atoms with van der Waals surface area (Å²) in [4.78, 5) is 17.4. The number of aromatic nitrogens is 2. The molecule has 112 valence electrons. The number of nitrogens with zero attached hydrogens (tertiary/aromatic N) is 3. The summed E-state index contributed by atoms with van der Waals surface area (Å²) >= 11 is 4.92.